The normalized spacial score (nSPS) is 30.1. The smallest absolute Gasteiger partial charge is 0.308 e. The lowest BCUT2D eigenvalue weighted by Crippen LogP contribution is -2.72. The molecule has 1 saturated carbocycles. The van der Waals surface area contributed by atoms with Gasteiger partial charge in [0.15, 0.2) is 22.8 Å². The van der Waals surface area contributed by atoms with E-state index in [1.807, 2.05) is 53.7 Å². The third-order valence-corrected chi connectivity index (χ3v) is 8.18. The molecule has 1 saturated heterocycles. The van der Waals surface area contributed by atoms with Gasteiger partial charge in [0, 0.05) is 42.4 Å². The molecule has 3 aliphatic carbocycles. The first-order chi connectivity index (χ1) is 17.2. The standard InChI is InChI=1S/C30H34O7/c1-15(2)8-9-19-21(32)14-22(35-17(5)31)24-25(33)20-12-18-13-23-28(6,7)37-29(27(18)34,11-10-16(3)4)30(20,23)36-26(19)24/h8,10,12,14,18,23,32H,9,11,13H2,1-7H3/t18-,23+,29+,30-/m1/s1. The summed E-state index contributed by atoms with van der Waals surface area (Å²) in [7, 11) is 0. The first-order valence-corrected chi connectivity index (χ1v) is 12.8. The molecule has 37 heavy (non-hydrogen) atoms. The van der Waals surface area contributed by atoms with Gasteiger partial charge in [-0.1, -0.05) is 29.4 Å². The highest BCUT2D eigenvalue weighted by atomic mass is 16.6. The SMILES string of the molecule is CC(=O)Oc1cc(O)c(CC=C(C)C)c2c1C(=O)C1=C[C@@H]3C[C@H]4C(C)(C)O[C@@](CC=C(C)C)(C3=O)[C@@]14O2. The number of carbonyl (C=O) groups is 3. The van der Waals surface area contributed by atoms with Gasteiger partial charge >= 0.3 is 5.97 Å². The van der Waals surface area contributed by atoms with Gasteiger partial charge in [-0.25, -0.2) is 0 Å². The summed E-state index contributed by atoms with van der Waals surface area (Å²) in [5.41, 5.74) is -0.569. The first-order valence-electron chi connectivity index (χ1n) is 12.8. The van der Waals surface area contributed by atoms with Crippen molar-refractivity contribution < 1.29 is 33.7 Å². The fourth-order valence-corrected chi connectivity index (χ4v) is 6.70. The topological polar surface area (TPSA) is 99.1 Å². The Hall–Kier alpha value is -3.19. The first kappa shape index (κ1) is 25.5. The number of fused-ring (bicyclic) bond motifs is 1. The summed E-state index contributed by atoms with van der Waals surface area (Å²) >= 11 is 0. The molecule has 1 N–H and O–H groups in total. The highest BCUT2D eigenvalue weighted by Gasteiger charge is 2.81. The number of carbonyl (C=O) groups excluding carboxylic acids is 3. The molecule has 1 aromatic carbocycles. The van der Waals surface area contributed by atoms with Gasteiger partial charge in [-0.15, -0.1) is 0 Å². The molecule has 0 aromatic heterocycles. The van der Waals surface area contributed by atoms with E-state index in [2.05, 4.69) is 0 Å². The quantitative estimate of drug-likeness (QED) is 0.333. The van der Waals surface area contributed by atoms with Gasteiger partial charge in [0.2, 0.25) is 0 Å². The van der Waals surface area contributed by atoms with Crippen LogP contribution in [0.15, 0.2) is 41.0 Å². The third-order valence-electron chi connectivity index (χ3n) is 8.18. The van der Waals surface area contributed by atoms with Gasteiger partial charge in [-0.05, 0) is 54.4 Å². The van der Waals surface area contributed by atoms with Crippen molar-refractivity contribution >= 4 is 17.5 Å². The van der Waals surface area contributed by atoms with Crippen LogP contribution in [0.3, 0.4) is 0 Å². The molecule has 7 heteroatoms. The van der Waals surface area contributed by atoms with Gasteiger partial charge in [0.25, 0.3) is 0 Å². The number of phenolic OH excluding ortho intramolecular Hbond substituents is 1. The minimum atomic E-state index is -1.39. The number of ketones is 2. The summed E-state index contributed by atoms with van der Waals surface area (Å²) in [5, 5.41) is 11.0. The number of rotatable bonds is 5. The number of allylic oxidation sites excluding steroid dienone is 4. The van der Waals surface area contributed by atoms with Crippen molar-refractivity contribution in [3.63, 3.8) is 0 Å². The van der Waals surface area contributed by atoms with Crippen LogP contribution in [-0.4, -0.2) is 39.4 Å². The van der Waals surface area contributed by atoms with Crippen LogP contribution in [0.5, 0.6) is 17.2 Å². The lowest BCUT2D eigenvalue weighted by Gasteiger charge is -2.56. The fourth-order valence-electron chi connectivity index (χ4n) is 6.70. The average molecular weight is 507 g/mol. The number of aromatic hydroxyl groups is 1. The number of hydrogen-bond donors (Lipinski definition) is 1. The predicted octanol–water partition coefficient (Wildman–Crippen LogP) is 5.19. The molecule has 0 radical (unpaired) electrons. The molecule has 4 atom stereocenters. The molecule has 5 aliphatic rings. The molecule has 2 heterocycles. The van der Waals surface area contributed by atoms with Crippen molar-refractivity contribution in [2.75, 3.05) is 0 Å². The van der Waals surface area contributed by atoms with E-state index in [1.165, 1.54) is 13.0 Å². The largest absolute Gasteiger partial charge is 0.507 e. The Labute approximate surface area is 217 Å². The third kappa shape index (κ3) is 3.39. The maximum Gasteiger partial charge on any atom is 0.308 e. The molecular formula is C30H34O7. The maximum absolute atomic E-state index is 14.3. The number of phenols is 1. The fraction of sp³-hybridized carbons (Fsp3) is 0.500. The second-order valence-electron chi connectivity index (χ2n) is 11.7. The summed E-state index contributed by atoms with van der Waals surface area (Å²) in [6.07, 6.45) is 6.69. The zero-order valence-electron chi connectivity index (χ0n) is 22.5. The molecule has 2 fully saturated rings. The van der Waals surface area contributed by atoms with Crippen LogP contribution in [0.4, 0.5) is 0 Å². The molecular weight excluding hydrogens is 472 g/mol. The van der Waals surface area contributed by atoms with Crippen LogP contribution >= 0.6 is 0 Å². The minimum Gasteiger partial charge on any atom is -0.507 e. The van der Waals surface area contributed by atoms with Crippen molar-refractivity contribution in [3.05, 3.63) is 52.1 Å². The average Bonchev–Trinajstić information content (AvgIpc) is 2.94. The van der Waals surface area contributed by atoms with Crippen LogP contribution in [0, 0.1) is 11.8 Å². The number of Topliss-reactive ketones (excluding diaryl/α,β-unsaturated/α-hetero) is 2. The molecule has 7 nitrogen and oxygen atoms in total. The summed E-state index contributed by atoms with van der Waals surface area (Å²) in [6.45, 7) is 12.9. The van der Waals surface area contributed by atoms with Gasteiger partial charge in [0.1, 0.15) is 22.8 Å². The van der Waals surface area contributed by atoms with Crippen molar-refractivity contribution in [1.29, 1.82) is 0 Å². The zero-order chi connectivity index (χ0) is 27.1. The van der Waals surface area contributed by atoms with Crippen molar-refractivity contribution in [3.8, 4) is 17.2 Å². The zero-order valence-corrected chi connectivity index (χ0v) is 22.5. The Morgan fingerprint density at radius 1 is 1.14 bits per heavy atom. The number of esters is 1. The summed E-state index contributed by atoms with van der Waals surface area (Å²) < 4.78 is 19.0. The molecule has 0 unspecified atom stereocenters. The predicted molar refractivity (Wildman–Crippen MR) is 137 cm³/mol. The van der Waals surface area contributed by atoms with Crippen LogP contribution in [0.2, 0.25) is 0 Å². The number of hydrogen-bond acceptors (Lipinski definition) is 7. The van der Waals surface area contributed by atoms with Gasteiger partial charge < -0.3 is 19.3 Å². The van der Waals surface area contributed by atoms with E-state index in [0.29, 0.717) is 24.0 Å². The molecule has 196 valence electrons. The lowest BCUT2D eigenvalue weighted by molar-refractivity contribution is -0.171. The number of ether oxygens (including phenoxy) is 3. The second-order valence-corrected chi connectivity index (χ2v) is 11.7. The molecule has 4 bridgehead atoms. The number of benzene rings is 1. The van der Waals surface area contributed by atoms with Crippen LogP contribution in [-0.2, 0) is 20.7 Å². The van der Waals surface area contributed by atoms with E-state index in [1.54, 1.807) is 6.08 Å². The molecule has 1 spiro atoms. The lowest BCUT2D eigenvalue weighted by atomic mass is 9.51. The van der Waals surface area contributed by atoms with E-state index in [0.717, 1.165) is 11.1 Å². The van der Waals surface area contributed by atoms with Crippen molar-refractivity contribution in [1.82, 2.24) is 0 Å². The van der Waals surface area contributed by atoms with Gasteiger partial charge in [0.05, 0.1) is 5.60 Å². The van der Waals surface area contributed by atoms with E-state index in [-0.39, 0.29) is 46.7 Å². The van der Waals surface area contributed by atoms with Crippen LogP contribution in [0.25, 0.3) is 0 Å². The molecule has 0 amide bonds. The van der Waals surface area contributed by atoms with Crippen LogP contribution < -0.4 is 9.47 Å². The van der Waals surface area contributed by atoms with Crippen molar-refractivity contribution in [2.45, 2.75) is 84.5 Å². The maximum atomic E-state index is 14.3. The molecule has 6 rings (SSSR count). The second kappa shape index (κ2) is 8.15. The summed E-state index contributed by atoms with van der Waals surface area (Å²) in [5.74, 6) is -1.86. The molecule has 2 aliphatic heterocycles. The van der Waals surface area contributed by atoms with Crippen molar-refractivity contribution in [2.24, 2.45) is 11.8 Å². The minimum absolute atomic E-state index is 0.0552. The van der Waals surface area contributed by atoms with E-state index in [4.69, 9.17) is 14.2 Å². The van der Waals surface area contributed by atoms with Crippen LogP contribution in [0.1, 0.15) is 77.2 Å². The highest BCUT2D eigenvalue weighted by molar-refractivity contribution is 6.18. The van der Waals surface area contributed by atoms with Gasteiger partial charge in [-0.2, -0.15) is 0 Å². The van der Waals surface area contributed by atoms with E-state index < -0.39 is 28.7 Å². The summed E-state index contributed by atoms with van der Waals surface area (Å²) in [4.78, 5) is 40.3. The Kier molecular flexibility index (Phi) is 5.61. The highest BCUT2D eigenvalue weighted by Crippen LogP contribution is 2.68. The van der Waals surface area contributed by atoms with E-state index >= 15 is 0 Å². The molecule has 1 aromatic rings. The summed E-state index contributed by atoms with van der Waals surface area (Å²) in [6, 6.07) is 1.30. The van der Waals surface area contributed by atoms with E-state index in [9.17, 15) is 19.5 Å². The Morgan fingerprint density at radius 2 is 1.81 bits per heavy atom. The monoisotopic (exact) mass is 506 g/mol. The Bertz CT molecular complexity index is 1340. The Morgan fingerprint density at radius 3 is 2.43 bits per heavy atom. The van der Waals surface area contributed by atoms with Gasteiger partial charge in [-0.3, -0.25) is 14.4 Å². The Balaban J connectivity index is 1.83.